The highest BCUT2D eigenvalue weighted by Gasteiger charge is 2.17. The molecule has 278 valence electrons. The molecule has 0 saturated heterocycles. The highest BCUT2D eigenvalue weighted by Crippen LogP contribution is 2.24. The largest absolute Gasteiger partial charge is 0.421 e. The summed E-state index contributed by atoms with van der Waals surface area (Å²) in [6.45, 7) is 3.43. The molecule has 0 aliphatic carbocycles. The Balaban J connectivity index is 0.860. The quantitative estimate of drug-likeness (QED) is 0.0457. The van der Waals surface area contributed by atoms with Crippen LogP contribution in [0.25, 0.3) is 0 Å². The van der Waals surface area contributed by atoms with Crippen molar-refractivity contribution in [2.45, 2.75) is 39.0 Å². The highest BCUT2D eigenvalue weighted by atomic mass is 15.3. The van der Waals surface area contributed by atoms with Crippen LogP contribution in [0.15, 0.2) is 161 Å². The van der Waals surface area contributed by atoms with Crippen molar-refractivity contribution in [1.29, 1.82) is 0 Å². The fourth-order valence-corrected chi connectivity index (χ4v) is 6.08. The predicted molar refractivity (Wildman–Crippen MR) is 215 cm³/mol. The van der Waals surface area contributed by atoms with Crippen molar-refractivity contribution in [2.24, 2.45) is 34.6 Å². The molecule has 55 heavy (non-hydrogen) atoms. The number of nitrogens with two attached hydrogens (primary N) is 2. The minimum Gasteiger partial charge on any atom is -0.399 e. The van der Waals surface area contributed by atoms with Crippen LogP contribution >= 0.6 is 0 Å². The normalized spacial score (nSPS) is 11.5. The molecule has 14 nitrogen and oxygen atoms in total. The Morgan fingerprint density at radius 3 is 1.42 bits per heavy atom. The van der Waals surface area contributed by atoms with Gasteiger partial charge >= 0.3 is 11.9 Å². The van der Waals surface area contributed by atoms with Gasteiger partial charge < -0.3 is 22.1 Å². The van der Waals surface area contributed by atoms with Gasteiger partial charge in [0.2, 0.25) is 6.33 Å². The number of nitrogens with zero attached hydrogens (tertiary/aromatic N) is 10. The third-order valence-electron chi connectivity index (χ3n) is 9.11. The van der Waals surface area contributed by atoms with Crippen LogP contribution in [-0.4, -0.2) is 13.7 Å². The molecule has 7 aromatic rings. The molecule has 0 aliphatic rings. The fraction of sp³-hybridized carbons (Fsp3) is 0.195. The number of hydrogen-bond acceptors (Lipinski definition) is 8. The van der Waals surface area contributed by atoms with Crippen LogP contribution in [0, 0.1) is 0 Å². The van der Waals surface area contributed by atoms with Gasteiger partial charge in [-0.3, -0.25) is 0 Å². The van der Waals surface area contributed by atoms with E-state index in [1.807, 2.05) is 133 Å². The molecule has 7 rings (SSSR count). The summed E-state index contributed by atoms with van der Waals surface area (Å²) in [4.78, 5) is 0. The Morgan fingerprint density at radius 1 is 0.509 bits per heavy atom. The van der Waals surface area contributed by atoms with Gasteiger partial charge in [0.05, 0.1) is 65.1 Å². The van der Waals surface area contributed by atoms with Crippen molar-refractivity contribution >= 4 is 57.4 Å². The molecule has 0 spiro atoms. The van der Waals surface area contributed by atoms with Crippen LogP contribution in [0.1, 0.15) is 12.8 Å². The maximum atomic E-state index is 5.79. The summed E-state index contributed by atoms with van der Waals surface area (Å²) in [6.07, 6.45) is 16.5. The minimum absolute atomic E-state index is 0.738. The van der Waals surface area contributed by atoms with Gasteiger partial charge in [-0.15, -0.1) is 0 Å². The molecule has 3 heterocycles. The lowest BCUT2D eigenvalue weighted by atomic mass is 10.2. The maximum absolute atomic E-state index is 5.79. The second-order valence-electron chi connectivity index (χ2n) is 13.4. The topological polar surface area (TPSA) is 152 Å². The number of azo groups is 2. The summed E-state index contributed by atoms with van der Waals surface area (Å²) in [6, 6.07) is 31.1. The average molecular weight is 736 g/mol. The van der Waals surface area contributed by atoms with Crippen LogP contribution in [-0.2, 0) is 40.3 Å². The zero-order valence-electron chi connectivity index (χ0n) is 31.1. The van der Waals surface area contributed by atoms with E-state index in [0.29, 0.717) is 0 Å². The van der Waals surface area contributed by atoms with Crippen LogP contribution in [0.4, 0.5) is 57.4 Å². The van der Waals surface area contributed by atoms with Crippen molar-refractivity contribution in [1.82, 2.24) is 13.7 Å². The van der Waals surface area contributed by atoms with E-state index in [1.54, 1.807) is 0 Å². The molecule has 0 radical (unpaired) electrons. The molecule has 0 unspecified atom stereocenters. The number of nitrogens with one attached hydrogen (secondary N) is 2. The summed E-state index contributed by atoms with van der Waals surface area (Å²) >= 11 is 0. The number of imidazole rings is 3. The standard InChI is InChI=1S/C41H45N14/c1-50-25-29-54(40(50)48-46-38-17-13-36(14-18-38)44-34-9-5-32(42)6-10-34)23-3-21-52-27-28-53(31-52)22-4-24-55-30-26-51(2)41(55)49-47-39-19-15-37(16-20-39)45-35-11-7-33(43)8-12-35/h5-20,25-31H,3-4,21-24H2,1-2H3,(H4,42,43,46,47)/q+1/p+2. The number of aryl methyl sites for hydroxylation is 6. The van der Waals surface area contributed by atoms with Crippen LogP contribution in [0.5, 0.6) is 0 Å². The SMILES string of the molecule is C[n+]1ccn(CCCn2cc[n+](CCCn3cc[n+](C)c3N=Nc3ccc(Nc4ccc(N)cc4)cc3)c2)c1N=Nc1ccc(Nc2ccc(N)cc2)cc1. The molecule has 0 aliphatic heterocycles. The number of nitrogen functional groups attached to an aromatic ring is 2. The summed E-state index contributed by atoms with van der Waals surface area (Å²) in [5.41, 5.74) is 18.5. The third kappa shape index (κ3) is 9.87. The molecule has 14 heteroatoms. The van der Waals surface area contributed by atoms with Crippen molar-refractivity contribution in [3.05, 3.63) is 141 Å². The van der Waals surface area contributed by atoms with Crippen molar-refractivity contribution in [3.63, 3.8) is 0 Å². The molecule has 0 bridgehead atoms. The zero-order chi connectivity index (χ0) is 38.0. The summed E-state index contributed by atoms with van der Waals surface area (Å²) < 4.78 is 12.7. The lowest BCUT2D eigenvalue weighted by molar-refractivity contribution is -0.697. The van der Waals surface area contributed by atoms with Crippen LogP contribution < -0.4 is 35.8 Å². The van der Waals surface area contributed by atoms with E-state index in [4.69, 9.17) is 11.5 Å². The Hall–Kier alpha value is -7.09. The lowest BCUT2D eigenvalue weighted by Crippen LogP contribution is -2.32. The molecule has 0 amide bonds. The summed E-state index contributed by atoms with van der Waals surface area (Å²) in [5.74, 6) is 1.59. The molecule has 0 fully saturated rings. The van der Waals surface area contributed by atoms with Gasteiger partial charge in [0.1, 0.15) is 23.8 Å². The van der Waals surface area contributed by atoms with Gasteiger partial charge in [0, 0.05) is 57.2 Å². The van der Waals surface area contributed by atoms with Gasteiger partial charge in [-0.25, -0.2) is 27.4 Å². The molecule has 0 saturated carbocycles. The molecule has 3 aromatic heterocycles. The summed E-state index contributed by atoms with van der Waals surface area (Å²) in [7, 11) is 3.97. The predicted octanol–water partition coefficient (Wildman–Crippen LogP) is 7.69. The Labute approximate surface area is 320 Å². The van der Waals surface area contributed by atoms with Gasteiger partial charge in [-0.05, 0) is 97.1 Å². The first kappa shape index (κ1) is 36.3. The summed E-state index contributed by atoms with van der Waals surface area (Å²) in [5, 5.41) is 24.9. The first-order valence-corrected chi connectivity index (χ1v) is 18.3. The number of hydrogen-bond donors (Lipinski definition) is 4. The van der Waals surface area contributed by atoms with E-state index in [2.05, 4.69) is 80.5 Å². The Bertz CT molecular complexity index is 2180. The van der Waals surface area contributed by atoms with Crippen molar-refractivity contribution in [3.8, 4) is 0 Å². The number of rotatable bonds is 16. The van der Waals surface area contributed by atoms with Gasteiger partial charge in [0.25, 0.3) is 0 Å². The van der Waals surface area contributed by atoms with Gasteiger partial charge in [0.15, 0.2) is 0 Å². The van der Waals surface area contributed by atoms with E-state index in [9.17, 15) is 0 Å². The average Bonchev–Trinajstić information content (AvgIpc) is 3.91. The number of benzene rings is 4. The highest BCUT2D eigenvalue weighted by molar-refractivity contribution is 5.64. The fourth-order valence-electron chi connectivity index (χ4n) is 6.08. The second-order valence-corrected chi connectivity index (χ2v) is 13.4. The van der Waals surface area contributed by atoms with Gasteiger partial charge in [-0.1, -0.05) is 10.2 Å². The second kappa shape index (κ2) is 17.2. The van der Waals surface area contributed by atoms with E-state index < -0.39 is 0 Å². The molecule has 4 aromatic carbocycles. The van der Waals surface area contributed by atoms with E-state index in [0.717, 1.165) is 96.4 Å². The van der Waals surface area contributed by atoms with E-state index in [1.165, 1.54) is 0 Å². The Kier molecular flexibility index (Phi) is 11.3. The monoisotopic (exact) mass is 735 g/mol. The first-order chi connectivity index (χ1) is 26.8. The van der Waals surface area contributed by atoms with Crippen LogP contribution in [0.3, 0.4) is 0 Å². The number of aromatic nitrogens is 6. The maximum Gasteiger partial charge on any atom is 0.421 e. The van der Waals surface area contributed by atoms with E-state index in [-0.39, 0.29) is 0 Å². The first-order valence-electron chi connectivity index (χ1n) is 18.3. The van der Waals surface area contributed by atoms with Crippen molar-refractivity contribution in [2.75, 3.05) is 22.1 Å². The molecule has 6 N–H and O–H groups in total. The minimum atomic E-state index is 0.738. The van der Waals surface area contributed by atoms with E-state index >= 15 is 0 Å². The molecular weight excluding hydrogens is 689 g/mol. The Morgan fingerprint density at radius 2 is 0.945 bits per heavy atom. The third-order valence-corrected chi connectivity index (χ3v) is 9.11. The zero-order valence-corrected chi connectivity index (χ0v) is 31.1. The molecule has 0 atom stereocenters. The molecular formula is C41H47N14+3. The smallest absolute Gasteiger partial charge is 0.399 e. The van der Waals surface area contributed by atoms with Gasteiger partial charge in [-0.2, -0.15) is 0 Å². The lowest BCUT2D eigenvalue weighted by Gasteiger charge is -2.06. The van der Waals surface area contributed by atoms with Crippen LogP contribution in [0.2, 0.25) is 0 Å². The van der Waals surface area contributed by atoms with Crippen molar-refractivity contribution < 1.29 is 13.7 Å². The number of anilines is 6.